The molecule has 5 heteroatoms. The van der Waals surface area contributed by atoms with Crippen molar-refractivity contribution in [2.45, 2.75) is 32.7 Å². The molecule has 2 atom stereocenters. The van der Waals surface area contributed by atoms with Crippen LogP contribution in [0.15, 0.2) is 12.4 Å². The summed E-state index contributed by atoms with van der Waals surface area (Å²) >= 11 is 0. The number of likely N-dealkylation sites (tertiary alicyclic amines) is 1. The first kappa shape index (κ1) is 12.8. The van der Waals surface area contributed by atoms with Crippen LogP contribution in [0.1, 0.15) is 37.2 Å². The van der Waals surface area contributed by atoms with E-state index in [1.54, 1.807) is 13.2 Å². The first-order valence-electron chi connectivity index (χ1n) is 6.42. The number of anilines is 1. The van der Waals surface area contributed by atoms with Crippen molar-refractivity contribution in [2.75, 3.05) is 18.9 Å². The summed E-state index contributed by atoms with van der Waals surface area (Å²) in [7, 11) is 1.77. The summed E-state index contributed by atoms with van der Waals surface area (Å²) in [5, 5.41) is 2.90. The number of hydrogen-bond donors (Lipinski definition) is 1. The molecule has 5 nitrogen and oxygen atoms in total. The van der Waals surface area contributed by atoms with Crippen LogP contribution >= 0.6 is 0 Å². The zero-order valence-electron chi connectivity index (χ0n) is 11.2. The third kappa shape index (κ3) is 2.60. The van der Waals surface area contributed by atoms with Crippen molar-refractivity contribution >= 4 is 11.7 Å². The molecule has 18 heavy (non-hydrogen) atoms. The number of piperidine rings is 1. The van der Waals surface area contributed by atoms with Gasteiger partial charge in [0.2, 0.25) is 0 Å². The minimum Gasteiger partial charge on any atom is -0.372 e. The highest BCUT2D eigenvalue weighted by molar-refractivity contribution is 5.92. The van der Waals surface area contributed by atoms with Crippen LogP contribution in [0.3, 0.4) is 0 Å². The maximum absolute atomic E-state index is 12.4. The molecule has 98 valence electrons. The van der Waals surface area contributed by atoms with Gasteiger partial charge in [-0.3, -0.25) is 9.78 Å². The minimum atomic E-state index is -0.0148. The molecule has 0 aliphatic carbocycles. The number of carbonyl (C=O) groups excluding carboxylic acids is 1. The lowest BCUT2D eigenvalue weighted by Gasteiger charge is -2.36. The van der Waals surface area contributed by atoms with E-state index in [-0.39, 0.29) is 11.9 Å². The molecular weight excluding hydrogens is 228 g/mol. The zero-order valence-corrected chi connectivity index (χ0v) is 11.2. The highest BCUT2D eigenvalue weighted by atomic mass is 16.2. The van der Waals surface area contributed by atoms with Crippen LogP contribution in [0.4, 0.5) is 5.82 Å². The monoisotopic (exact) mass is 248 g/mol. The van der Waals surface area contributed by atoms with Crippen LogP contribution in [0, 0.1) is 5.92 Å². The Morgan fingerprint density at radius 1 is 1.44 bits per heavy atom. The molecule has 2 unspecified atom stereocenters. The average molecular weight is 248 g/mol. The highest BCUT2D eigenvalue weighted by Gasteiger charge is 2.28. The number of carbonyl (C=O) groups is 1. The normalized spacial score (nSPS) is 23.8. The Kier molecular flexibility index (Phi) is 3.79. The summed E-state index contributed by atoms with van der Waals surface area (Å²) in [5.74, 6) is 1.30. The molecule has 1 aromatic heterocycles. The fourth-order valence-corrected chi connectivity index (χ4v) is 2.45. The van der Waals surface area contributed by atoms with Crippen molar-refractivity contribution in [1.82, 2.24) is 14.9 Å². The first-order valence-corrected chi connectivity index (χ1v) is 6.42. The molecule has 0 radical (unpaired) electrons. The summed E-state index contributed by atoms with van der Waals surface area (Å²) in [5.41, 5.74) is 0.420. The molecule has 1 amide bonds. The molecule has 1 aromatic rings. The maximum atomic E-state index is 12.4. The second kappa shape index (κ2) is 5.33. The number of amides is 1. The number of nitrogens with zero attached hydrogens (tertiary/aromatic N) is 3. The summed E-state index contributed by atoms with van der Waals surface area (Å²) in [6.45, 7) is 5.15. The summed E-state index contributed by atoms with van der Waals surface area (Å²) in [6, 6.07) is 0.279. The smallest absolute Gasteiger partial charge is 0.274 e. The van der Waals surface area contributed by atoms with E-state index in [0.29, 0.717) is 17.4 Å². The van der Waals surface area contributed by atoms with E-state index in [1.165, 1.54) is 6.20 Å². The molecule has 2 rings (SSSR count). The molecular formula is C13H20N4O. The van der Waals surface area contributed by atoms with Gasteiger partial charge in [-0.25, -0.2) is 4.98 Å². The van der Waals surface area contributed by atoms with Crippen molar-refractivity contribution < 1.29 is 4.79 Å². The Balaban J connectivity index is 2.15. The van der Waals surface area contributed by atoms with Gasteiger partial charge in [-0.2, -0.15) is 0 Å². The van der Waals surface area contributed by atoms with Gasteiger partial charge >= 0.3 is 0 Å². The predicted octanol–water partition coefficient (Wildman–Crippen LogP) is 1.78. The van der Waals surface area contributed by atoms with Gasteiger partial charge in [-0.1, -0.05) is 6.92 Å². The van der Waals surface area contributed by atoms with Crippen molar-refractivity contribution in [3.63, 3.8) is 0 Å². The standard InChI is InChI=1S/C13H20N4O/c1-9-4-5-17(10(2)6-9)13(18)11-7-15-8-12(14-3)16-11/h7-10H,4-6H2,1-3H3,(H,14,16). The number of rotatable bonds is 2. The highest BCUT2D eigenvalue weighted by Crippen LogP contribution is 2.23. The molecule has 1 N–H and O–H groups in total. The van der Waals surface area contributed by atoms with Gasteiger partial charge in [0.15, 0.2) is 0 Å². The quantitative estimate of drug-likeness (QED) is 0.866. The van der Waals surface area contributed by atoms with Crippen molar-refractivity contribution in [2.24, 2.45) is 5.92 Å². The van der Waals surface area contributed by atoms with E-state index in [4.69, 9.17) is 0 Å². The molecule has 0 saturated carbocycles. The molecule has 2 heterocycles. The van der Waals surface area contributed by atoms with Crippen LogP contribution in [0.25, 0.3) is 0 Å². The lowest BCUT2D eigenvalue weighted by molar-refractivity contribution is 0.0582. The van der Waals surface area contributed by atoms with Gasteiger partial charge < -0.3 is 10.2 Å². The fraction of sp³-hybridized carbons (Fsp3) is 0.615. The van der Waals surface area contributed by atoms with Crippen LogP contribution in [-0.4, -0.2) is 40.4 Å². The van der Waals surface area contributed by atoms with Gasteiger partial charge in [-0.05, 0) is 25.7 Å². The van der Waals surface area contributed by atoms with Gasteiger partial charge in [-0.15, -0.1) is 0 Å². The van der Waals surface area contributed by atoms with Gasteiger partial charge in [0.25, 0.3) is 5.91 Å². The summed E-state index contributed by atoms with van der Waals surface area (Å²) in [6.07, 6.45) is 5.27. The zero-order chi connectivity index (χ0) is 13.1. The Labute approximate surface area is 108 Å². The van der Waals surface area contributed by atoms with Gasteiger partial charge in [0.05, 0.1) is 12.4 Å². The van der Waals surface area contributed by atoms with E-state index in [0.717, 1.165) is 19.4 Å². The van der Waals surface area contributed by atoms with Crippen LogP contribution in [0.2, 0.25) is 0 Å². The second-order valence-electron chi connectivity index (χ2n) is 5.02. The van der Waals surface area contributed by atoms with Gasteiger partial charge in [0.1, 0.15) is 11.5 Å². The van der Waals surface area contributed by atoms with E-state index in [9.17, 15) is 4.79 Å². The van der Waals surface area contributed by atoms with E-state index in [2.05, 4.69) is 29.1 Å². The van der Waals surface area contributed by atoms with Crippen molar-refractivity contribution in [1.29, 1.82) is 0 Å². The van der Waals surface area contributed by atoms with Gasteiger partial charge in [0, 0.05) is 19.6 Å². The molecule has 1 saturated heterocycles. The number of nitrogens with one attached hydrogen (secondary N) is 1. The lowest BCUT2D eigenvalue weighted by Crippen LogP contribution is -2.44. The molecule has 1 aliphatic rings. The van der Waals surface area contributed by atoms with E-state index >= 15 is 0 Å². The van der Waals surface area contributed by atoms with E-state index < -0.39 is 0 Å². The molecule has 0 aromatic carbocycles. The van der Waals surface area contributed by atoms with Crippen molar-refractivity contribution in [3.05, 3.63) is 18.1 Å². The Morgan fingerprint density at radius 2 is 2.22 bits per heavy atom. The molecule has 0 spiro atoms. The Bertz CT molecular complexity index is 435. The SMILES string of the molecule is CNc1cncc(C(=O)N2CCC(C)CC2C)n1. The van der Waals surface area contributed by atoms with Crippen LogP contribution in [-0.2, 0) is 0 Å². The minimum absolute atomic E-state index is 0.0148. The number of aromatic nitrogens is 2. The topological polar surface area (TPSA) is 58.1 Å². The third-order valence-corrected chi connectivity index (χ3v) is 3.51. The summed E-state index contributed by atoms with van der Waals surface area (Å²) in [4.78, 5) is 22.6. The molecule has 0 bridgehead atoms. The average Bonchev–Trinajstić information content (AvgIpc) is 2.38. The second-order valence-corrected chi connectivity index (χ2v) is 5.02. The predicted molar refractivity (Wildman–Crippen MR) is 70.5 cm³/mol. The maximum Gasteiger partial charge on any atom is 0.274 e. The van der Waals surface area contributed by atoms with Crippen molar-refractivity contribution in [3.8, 4) is 0 Å². The lowest BCUT2D eigenvalue weighted by atomic mass is 9.93. The number of hydrogen-bond acceptors (Lipinski definition) is 4. The fourth-order valence-electron chi connectivity index (χ4n) is 2.45. The summed E-state index contributed by atoms with van der Waals surface area (Å²) < 4.78 is 0. The molecule has 1 fully saturated rings. The molecule has 1 aliphatic heterocycles. The largest absolute Gasteiger partial charge is 0.372 e. The first-order chi connectivity index (χ1) is 8.61. The Morgan fingerprint density at radius 3 is 2.89 bits per heavy atom. The third-order valence-electron chi connectivity index (χ3n) is 3.51. The van der Waals surface area contributed by atoms with Crippen LogP contribution in [0.5, 0.6) is 0 Å². The van der Waals surface area contributed by atoms with E-state index in [1.807, 2.05) is 4.90 Å². The van der Waals surface area contributed by atoms with Crippen LogP contribution < -0.4 is 5.32 Å². The Hall–Kier alpha value is -1.65.